The summed E-state index contributed by atoms with van der Waals surface area (Å²) in [6, 6.07) is 1.72. The Morgan fingerprint density at radius 1 is 1.59 bits per heavy atom. The van der Waals surface area contributed by atoms with Crippen molar-refractivity contribution in [1.82, 2.24) is 14.6 Å². The van der Waals surface area contributed by atoms with Crippen LogP contribution < -0.4 is 0 Å². The molecule has 0 atom stereocenters. The minimum Gasteiger partial charge on any atom is -0.477 e. The Kier molecular flexibility index (Phi) is 3.02. The number of aromatic nitrogens is 3. The topological polar surface area (TPSA) is 67.5 Å². The van der Waals surface area contributed by atoms with Crippen molar-refractivity contribution < 1.29 is 9.90 Å². The van der Waals surface area contributed by atoms with E-state index in [4.69, 9.17) is 16.7 Å². The van der Waals surface area contributed by atoms with Gasteiger partial charge in [0.15, 0.2) is 5.65 Å². The summed E-state index contributed by atoms with van der Waals surface area (Å²) in [4.78, 5) is 15.3. The fourth-order valence-corrected chi connectivity index (χ4v) is 1.90. The molecule has 0 bridgehead atoms. The first-order valence-corrected chi connectivity index (χ1v) is 5.63. The SMILES string of the molecule is CC(C)Cc1cc(Cl)n2ncc(C(=O)O)c2n1. The predicted molar refractivity (Wildman–Crippen MR) is 63.5 cm³/mol. The highest BCUT2D eigenvalue weighted by Gasteiger charge is 2.15. The second-order valence-corrected chi connectivity index (χ2v) is 4.65. The molecule has 17 heavy (non-hydrogen) atoms. The van der Waals surface area contributed by atoms with E-state index in [0.29, 0.717) is 16.7 Å². The molecule has 0 aliphatic carbocycles. The van der Waals surface area contributed by atoms with Crippen molar-refractivity contribution in [2.45, 2.75) is 20.3 Å². The second kappa shape index (κ2) is 4.33. The Balaban J connectivity index is 2.60. The van der Waals surface area contributed by atoms with E-state index in [2.05, 4.69) is 23.9 Å². The lowest BCUT2D eigenvalue weighted by Crippen LogP contribution is -2.03. The van der Waals surface area contributed by atoms with Crippen LogP contribution in [0, 0.1) is 5.92 Å². The third-order valence-electron chi connectivity index (χ3n) is 2.33. The molecule has 0 amide bonds. The Bertz CT molecular complexity index is 577. The Morgan fingerprint density at radius 3 is 2.88 bits per heavy atom. The quantitative estimate of drug-likeness (QED) is 0.852. The van der Waals surface area contributed by atoms with Crippen LogP contribution in [0.4, 0.5) is 0 Å². The van der Waals surface area contributed by atoms with Gasteiger partial charge < -0.3 is 5.11 Å². The van der Waals surface area contributed by atoms with Crippen LogP contribution in [0.3, 0.4) is 0 Å². The first kappa shape index (κ1) is 11.9. The molecule has 0 saturated carbocycles. The lowest BCUT2D eigenvalue weighted by Gasteiger charge is -2.06. The molecule has 1 N–H and O–H groups in total. The molecule has 0 aliphatic rings. The molecule has 5 nitrogen and oxygen atoms in total. The van der Waals surface area contributed by atoms with Gasteiger partial charge in [-0.25, -0.2) is 14.3 Å². The number of halogens is 1. The average molecular weight is 254 g/mol. The van der Waals surface area contributed by atoms with E-state index in [0.717, 1.165) is 12.1 Å². The number of carbonyl (C=O) groups is 1. The number of carboxylic acids is 1. The van der Waals surface area contributed by atoms with E-state index in [1.165, 1.54) is 10.7 Å². The van der Waals surface area contributed by atoms with Crippen molar-refractivity contribution in [3.63, 3.8) is 0 Å². The van der Waals surface area contributed by atoms with Gasteiger partial charge >= 0.3 is 5.97 Å². The van der Waals surface area contributed by atoms with Gasteiger partial charge in [-0.3, -0.25) is 0 Å². The van der Waals surface area contributed by atoms with Gasteiger partial charge in [0.1, 0.15) is 10.7 Å². The molecule has 0 aliphatic heterocycles. The molecule has 2 aromatic heterocycles. The summed E-state index contributed by atoms with van der Waals surface area (Å²) < 4.78 is 1.33. The third kappa shape index (κ3) is 2.24. The highest BCUT2D eigenvalue weighted by atomic mass is 35.5. The molecular formula is C11H12ClN3O2. The maximum absolute atomic E-state index is 11.0. The van der Waals surface area contributed by atoms with Crippen LogP contribution in [0.1, 0.15) is 29.9 Å². The van der Waals surface area contributed by atoms with Gasteiger partial charge in [0.05, 0.1) is 6.20 Å². The smallest absolute Gasteiger partial charge is 0.341 e. The molecular weight excluding hydrogens is 242 g/mol. The molecule has 90 valence electrons. The Morgan fingerprint density at radius 2 is 2.29 bits per heavy atom. The van der Waals surface area contributed by atoms with Crippen LogP contribution in [-0.2, 0) is 6.42 Å². The summed E-state index contributed by atoms with van der Waals surface area (Å²) in [6.45, 7) is 4.13. The zero-order valence-electron chi connectivity index (χ0n) is 9.51. The van der Waals surface area contributed by atoms with Gasteiger partial charge in [-0.2, -0.15) is 5.10 Å². The molecule has 0 unspecified atom stereocenters. The van der Waals surface area contributed by atoms with Crippen LogP contribution in [0.15, 0.2) is 12.3 Å². The normalized spacial score (nSPS) is 11.3. The number of aromatic carboxylic acids is 1. The van der Waals surface area contributed by atoms with Gasteiger partial charge in [-0.1, -0.05) is 25.4 Å². The Labute approximate surface area is 103 Å². The average Bonchev–Trinajstić information content (AvgIpc) is 2.60. The van der Waals surface area contributed by atoms with Crippen LogP contribution in [0.25, 0.3) is 5.65 Å². The first-order valence-electron chi connectivity index (χ1n) is 5.25. The van der Waals surface area contributed by atoms with E-state index in [9.17, 15) is 4.79 Å². The standard InChI is InChI=1S/C11H12ClN3O2/c1-6(2)3-7-4-9(12)15-10(14-7)8(5-13-15)11(16)17/h4-6H,3H2,1-2H3,(H,16,17). The van der Waals surface area contributed by atoms with Gasteiger partial charge in [0.25, 0.3) is 0 Å². The lowest BCUT2D eigenvalue weighted by molar-refractivity contribution is 0.0699. The minimum atomic E-state index is -1.05. The third-order valence-corrected chi connectivity index (χ3v) is 2.60. The molecule has 2 rings (SSSR count). The van der Waals surface area contributed by atoms with Crippen molar-refractivity contribution in [1.29, 1.82) is 0 Å². The van der Waals surface area contributed by atoms with Gasteiger partial charge in [-0.05, 0) is 18.4 Å². The van der Waals surface area contributed by atoms with Crippen LogP contribution in [-0.4, -0.2) is 25.7 Å². The van der Waals surface area contributed by atoms with E-state index in [-0.39, 0.29) is 5.56 Å². The van der Waals surface area contributed by atoms with Gasteiger partial charge in [0, 0.05) is 5.69 Å². The second-order valence-electron chi connectivity index (χ2n) is 4.27. The molecule has 0 aromatic carbocycles. The number of rotatable bonds is 3. The highest BCUT2D eigenvalue weighted by molar-refractivity contribution is 6.29. The fourth-order valence-electron chi connectivity index (χ4n) is 1.65. The summed E-state index contributed by atoms with van der Waals surface area (Å²) in [5, 5.41) is 13.3. The van der Waals surface area contributed by atoms with Gasteiger partial charge in [0.2, 0.25) is 0 Å². The van der Waals surface area contributed by atoms with Crippen LogP contribution in [0.2, 0.25) is 5.15 Å². The van der Waals surface area contributed by atoms with Crippen molar-refractivity contribution in [2.24, 2.45) is 5.92 Å². The molecule has 0 radical (unpaired) electrons. The number of hydrogen-bond donors (Lipinski definition) is 1. The van der Waals surface area contributed by atoms with E-state index in [1.807, 2.05) is 0 Å². The monoisotopic (exact) mass is 253 g/mol. The minimum absolute atomic E-state index is 0.0671. The molecule has 2 heterocycles. The maximum Gasteiger partial charge on any atom is 0.341 e. The summed E-state index contributed by atoms with van der Waals surface area (Å²) in [6.07, 6.45) is 2.01. The first-order chi connectivity index (χ1) is 7.99. The molecule has 2 aromatic rings. The van der Waals surface area contributed by atoms with Crippen LogP contribution >= 0.6 is 11.6 Å². The molecule has 6 heteroatoms. The zero-order valence-corrected chi connectivity index (χ0v) is 10.3. The van der Waals surface area contributed by atoms with Gasteiger partial charge in [-0.15, -0.1) is 0 Å². The fraction of sp³-hybridized carbons (Fsp3) is 0.364. The number of carboxylic acid groups (broad SMARTS) is 1. The van der Waals surface area contributed by atoms with Crippen LogP contribution in [0.5, 0.6) is 0 Å². The molecule has 0 spiro atoms. The van der Waals surface area contributed by atoms with Crippen molar-refractivity contribution in [2.75, 3.05) is 0 Å². The summed E-state index contributed by atoms with van der Waals surface area (Å²) in [5.74, 6) is -0.623. The summed E-state index contributed by atoms with van der Waals surface area (Å²) in [5.41, 5.74) is 1.14. The lowest BCUT2D eigenvalue weighted by atomic mass is 10.1. The number of hydrogen-bond acceptors (Lipinski definition) is 3. The molecule has 0 saturated heterocycles. The van der Waals surface area contributed by atoms with Crippen molar-refractivity contribution in [3.05, 3.63) is 28.7 Å². The van der Waals surface area contributed by atoms with E-state index in [1.54, 1.807) is 6.07 Å². The molecule has 0 fully saturated rings. The highest BCUT2D eigenvalue weighted by Crippen LogP contribution is 2.18. The van der Waals surface area contributed by atoms with E-state index < -0.39 is 5.97 Å². The van der Waals surface area contributed by atoms with E-state index >= 15 is 0 Å². The summed E-state index contributed by atoms with van der Waals surface area (Å²) in [7, 11) is 0. The van der Waals surface area contributed by atoms with Crippen molar-refractivity contribution in [3.8, 4) is 0 Å². The number of nitrogens with zero attached hydrogens (tertiary/aromatic N) is 3. The summed E-state index contributed by atoms with van der Waals surface area (Å²) >= 11 is 6.03. The zero-order chi connectivity index (χ0) is 12.6. The maximum atomic E-state index is 11.0. The number of fused-ring (bicyclic) bond motifs is 1. The Hall–Kier alpha value is -1.62. The largest absolute Gasteiger partial charge is 0.477 e. The van der Waals surface area contributed by atoms with Crippen molar-refractivity contribution >= 4 is 23.2 Å². The predicted octanol–water partition coefficient (Wildman–Crippen LogP) is 2.28.